The van der Waals surface area contributed by atoms with Crippen LogP contribution in [0.2, 0.25) is 10.0 Å². The first-order valence-corrected chi connectivity index (χ1v) is 15.1. The number of ether oxygens (including phenoxy) is 1. The number of carbonyl (C=O) groups excluding carboxylic acids is 2. The minimum Gasteiger partial charge on any atom is -0.489 e. The lowest BCUT2D eigenvalue weighted by atomic mass is 9.87. The molecule has 2 fully saturated rings. The van der Waals surface area contributed by atoms with Crippen molar-refractivity contribution >= 4 is 46.3 Å². The third-order valence-electron chi connectivity index (χ3n) is 8.22. The van der Waals surface area contributed by atoms with E-state index in [0.717, 1.165) is 90.0 Å². The predicted molar refractivity (Wildman–Crippen MR) is 164 cm³/mol. The Morgan fingerprint density at radius 2 is 1.79 bits per heavy atom. The van der Waals surface area contributed by atoms with Gasteiger partial charge in [-0.25, -0.2) is 4.79 Å². The smallest absolute Gasteiger partial charge is 0.322 e. The number of aryl methyl sites for hydroxylation is 1. The molecule has 0 spiro atoms. The molecule has 6 rings (SSSR count). The van der Waals surface area contributed by atoms with Crippen LogP contribution in [0.5, 0.6) is 5.75 Å². The molecule has 3 aromatic rings. The van der Waals surface area contributed by atoms with Crippen molar-refractivity contribution in [1.29, 1.82) is 0 Å². The molecule has 2 N–H and O–H groups in total. The molecule has 218 valence electrons. The van der Waals surface area contributed by atoms with Crippen LogP contribution >= 0.6 is 23.2 Å². The Kier molecular flexibility index (Phi) is 8.52. The lowest BCUT2D eigenvalue weighted by Gasteiger charge is -2.20. The number of amides is 3. The van der Waals surface area contributed by atoms with Crippen molar-refractivity contribution in [3.05, 3.63) is 98.5 Å². The van der Waals surface area contributed by atoms with E-state index in [-0.39, 0.29) is 18.7 Å². The van der Waals surface area contributed by atoms with Gasteiger partial charge < -0.3 is 10.1 Å². The molecule has 6 nitrogen and oxygen atoms in total. The van der Waals surface area contributed by atoms with Crippen molar-refractivity contribution in [3.63, 3.8) is 0 Å². The van der Waals surface area contributed by atoms with Crippen LogP contribution in [-0.4, -0.2) is 49.3 Å². The van der Waals surface area contributed by atoms with E-state index in [2.05, 4.69) is 27.7 Å². The van der Waals surface area contributed by atoms with Gasteiger partial charge in [-0.15, -0.1) is 0 Å². The predicted octanol–water partition coefficient (Wildman–Crippen LogP) is 6.98. The summed E-state index contributed by atoms with van der Waals surface area (Å²) in [5.74, 6) is 0.455. The Morgan fingerprint density at radius 3 is 2.52 bits per heavy atom. The molecule has 0 saturated carbocycles. The summed E-state index contributed by atoms with van der Waals surface area (Å²) in [5.41, 5.74) is 7.10. The van der Waals surface area contributed by atoms with Crippen LogP contribution in [0.15, 0.2) is 60.7 Å². The van der Waals surface area contributed by atoms with Crippen molar-refractivity contribution < 1.29 is 18.7 Å². The maximum absolute atomic E-state index is 12.6. The number of halogens is 3. The number of hydrogen-bond acceptors (Lipinski definition) is 4. The van der Waals surface area contributed by atoms with Gasteiger partial charge in [0.2, 0.25) is 0 Å². The minimum absolute atomic E-state index is 0.0865. The number of rotatable bonds is 8. The molecule has 3 aliphatic rings. The standard InChI is InChI=1S/C33H32Cl2FN3O3/c34-23-8-12-27(29(35)18-23)28-4-1-3-21-17-22(31-32(40)38-33(41)37-31)7-11-26(21)30(28)20-5-9-24(10-6-20)42-25-13-16-39(19-25)15-2-14-36/h5-12,17-18,25,31H,1-4,13-16,19H2,(H2,37,38,40,41)/t25-,31-/m0/s1. The van der Waals surface area contributed by atoms with Gasteiger partial charge in [0.05, 0.1) is 6.67 Å². The Labute approximate surface area is 254 Å². The first kappa shape index (κ1) is 28.7. The van der Waals surface area contributed by atoms with Gasteiger partial charge in [0.25, 0.3) is 5.91 Å². The number of alkyl halides is 1. The monoisotopic (exact) mass is 607 g/mol. The lowest BCUT2D eigenvalue weighted by molar-refractivity contribution is -0.120. The maximum atomic E-state index is 12.6. The molecule has 42 heavy (non-hydrogen) atoms. The largest absolute Gasteiger partial charge is 0.489 e. The van der Waals surface area contributed by atoms with Gasteiger partial charge in [0, 0.05) is 29.7 Å². The third-order valence-corrected chi connectivity index (χ3v) is 8.77. The normalized spacial score (nSPS) is 20.7. The van der Waals surface area contributed by atoms with Crippen molar-refractivity contribution in [1.82, 2.24) is 15.5 Å². The van der Waals surface area contributed by atoms with Crippen LogP contribution in [0, 0.1) is 0 Å². The number of imide groups is 1. The van der Waals surface area contributed by atoms with Crippen LogP contribution in [-0.2, 0) is 11.2 Å². The van der Waals surface area contributed by atoms with Crippen LogP contribution in [0.4, 0.5) is 9.18 Å². The number of carbonyl (C=O) groups is 2. The fourth-order valence-corrected chi connectivity index (χ4v) is 6.77. The van der Waals surface area contributed by atoms with Gasteiger partial charge in [-0.3, -0.25) is 19.4 Å². The summed E-state index contributed by atoms with van der Waals surface area (Å²) in [5, 5.41) is 6.20. The Bertz CT molecular complexity index is 1540. The number of likely N-dealkylation sites (tertiary alicyclic amines) is 1. The average molecular weight is 609 g/mol. The highest BCUT2D eigenvalue weighted by Gasteiger charge is 2.32. The molecule has 2 aliphatic heterocycles. The highest BCUT2D eigenvalue weighted by atomic mass is 35.5. The number of hydrogen-bond donors (Lipinski definition) is 2. The zero-order chi connectivity index (χ0) is 29.2. The first-order valence-electron chi connectivity index (χ1n) is 14.4. The number of nitrogens with zero attached hydrogens (tertiary/aromatic N) is 1. The van der Waals surface area contributed by atoms with Crippen molar-refractivity contribution in [2.45, 2.75) is 44.2 Å². The molecular formula is C33H32Cl2FN3O3. The maximum Gasteiger partial charge on any atom is 0.322 e. The second kappa shape index (κ2) is 12.5. The number of urea groups is 1. The molecule has 0 bridgehead atoms. The summed E-state index contributed by atoms with van der Waals surface area (Å²) in [6.07, 6.45) is 4.07. The van der Waals surface area contributed by atoms with Crippen LogP contribution in [0.25, 0.3) is 11.1 Å². The molecule has 2 atom stereocenters. The zero-order valence-corrected chi connectivity index (χ0v) is 24.6. The Morgan fingerprint density at radius 1 is 0.976 bits per heavy atom. The highest BCUT2D eigenvalue weighted by Crippen LogP contribution is 2.43. The molecule has 2 heterocycles. The van der Waals surface area contributed by atoms with E-state index in [1.54, 1.807) is 6.07 Å². The summed E-state index contributed by atoms with van der Waals surface area (Å²) in [6.45, 7) is 2.20. The summed E-state index contributed by atoms with van der Waals surface area (Å²) in [6, 6.07) is 18.6. The molecule has 0 radical (unpaired) electrons. The van der Waals surface area contributed by atoms with Gasteiger partial charge in [-0.05, 0) is 95.3 Å². The SMILES string of the molecule is O=C1NC(=O)[C@H](c2ccc3c(c2)CCCC(c2ccc(Cl)cc2Cl)=C3c2ccc(O[C@H]3CCN(CCCF)C3)cc2)N1. The number of nitrogens with one attached hydrogen (secondary N) is 2. The van der Waals surface area contributed by atoms with Gasteiger partial charge in [0.15, 0.2) is 0 Å². The fourth-order valence-electron chi connectivity index (χ4n) is 6.24. The third kappa shape index (κ3) is 6.05. The Hall–Kier alpha value is -3.39. The second-order valence-corrected chi connectivity index (χ2v) is 11.9. The van der Waals surface area contributed by atoms with E-state index >= 15 is 0 Å². The number of benzene rings is 3. The minimum atomic E-state index is -0.705. The summed E-state index contributed by atoms with van der Waals surface area (Å²) in [4.78, 5) is 26.4. The summed E-state index contributed by atoms with van der Waals surface area (Å²) in [7, 11) is 0. The topological polar surface area (TPSA) is 70.7 Å². The van der Waals surface area contributed by atoms with E-state index < -0.39 is 12.1 Å². The van der Waals surface area contributed by atoms with Crippen LogP contribution in [0.1, 0.15) is 59.5 Å². The van der Waals surface area contributed by atoms with Crippen molar-refractivity contribution in [2.24, 2.45) is 0 Å². The van der Waals surface area contributed by atoms with Gasteiger partial charge in [0.1, 0.15) is 17.9 Å². The van der Waals surface area contributed by atoms with E-state index in [4.69, 9.17) is 27.9 Å². The van der Waals surface area contributed by atoms with E-state index in [0.29, 0.717) is 16.5 Å². The van der Waals surface area contributed by atoms with Crippen LogP contribution < -0.4 is 15.4 Å². The van der Waals surface area contributed by atoms with Crippen molar-refractivity contribution in [3.8, 4) is 5.75 Å². The zero-order valence-electron chi connectivity index (χ0n) is 23.1. The summed E-state index contributed by atoms with van der Waals surface area (Å²) >= 11 is 13.0. The molecular weight excluding hydrogens is 576 g/mol. The molecule has 0 unspecified atom stereocenters. The average Bonchev–Trinajstić information content (AvgIpc) is 3.51. The quantitative estimate of drug-likeness (QED) is 0.271. The van der Waals surface area contributed by atoms with Crippen molar-refractivity contribution in [2.75, 3.05) is 26.3 Å². The van der Waals surface area contributed by atoms with E-state index in [1.807, 2.05) is 42.5 Å². The van der Waals surface area contributed by atoms with Gasteiger partial charge in [-0.1, -0.05) is 59.6 Å². The van der Waals surface area contributed by atoms with E-state index in [9.17, 15) is 14.0 Å². The van der Waals surface area contributed by atoms with Gasteiger partial charge in [-0.2, -0.15) is 0 Å². The molecule has 0 aromatic heterocycles. The molecule has 1 aliphatic carbocycles. The molecule has 9 heteroatoms. The highest BCUT2D eigenvalue weighted by molar-refractivity contribution is 6.36. The Balaban J connectivity index is 1.36. The number of allylic oxidation sites excluding steroid dienone is 1. The molecule has 3 aromatic carbocycles. The first-order chi connectivity index (χ1) is 20.4. The molecule has 2 saturated heterocycles. The fraction of sp³-hybridized carbons (Fsp3) is 0.333. The molecule has 3 amide bonds. The second-order valence-electron chi connectivity index (χ2n) is 11.0. The van der Waals surface area contributed by atoms with Crippen LogP contribution in [0.3, 0.4) is 0 Å². The summed E-state index contributed by atoms with van der Waals surface area (Å²) < 4.78 is 18.9. The van der Waals surface area contributed by atoms with Gasteiger partial charge >= 0.3 is 6.03 Å². The number of fused-ring (bicyclic) bond motifs is 1. The lowest BCUT2D eigenvalue weighted by Crippen LogP contribution is -2.26. The van der Waals surface area contributed by atoms with E-state index in [1.165, 1.54) is 0 Å².